The average Bonchev–Trinajstić information content (AvgIpc) is 2.15. The zero-order chi connectivity index (χ0) is 9.68. The van der Waals surface area contributed by atoms with Crippen LogP contribution in [0.2, 0.25) is 0 Å². The molecule has 70 valence electrons. The van der Waals surface area contributed by atoms with Gasteiger partial charge in [-0.25, -0.2) is 9.97 Å². The van der Waals surface area contributed by atoms with Crippen molar-refractivity contribution in [3.05, 3.63) is 36.4 Å². The lowest BCUT2D eigenvalue weighted by molar-refractivity contribution is 0.610. The van der Waals surface area contributed by atoms with E-state index in [9.17, 15) is 0 Å². The van der Waals surface area contributed by atoms with Crippen molar-refractivity contribution in [1.82, 2.24) is 9.97 Å². The molecular formula is C10H15N3. The van der Waals surface area contributed by atoms with Gasteiger partial charge in [-0.2, -0.15) is 0 Å². The molecule has 2 N–H and O–H groups in total. The van der Waals surface area contributed by atoms with Crippen molar-refractivity contribution >= 4 is 0 Å². The second-order valence-electron chi connectivity index (χ2n) is 3.21. The summed E-state index contributed by atoms with van der Waals surface area (Å²) in [6.45, 7) is 5.82. The van der Waals surface area contributed by atoms with Crippen LogP contribution in [0, 0.1) is 0 Å². The quantitative estimate of drug-likeness (QED) is 0.714. The lowest BCUT2D eigenvalue weighted by atomic mass is 10.1. The van der Waals surface area contributed by atoms with Crippen LogP contribution in [0.5, 0.6) is 0 Å². The fraction of sp³-hybridized carbons (Fsp3) is 0.400. The van der Waals surface area contributed by atoms with Crippen molar-refractivity contribution in [1.29, 1.82) is 0 Å². The van der Waals surface area contributed by atoms with Crippen LogP contribution in [0.15, 0.2) is 30.6 Å². The standard InChI is InChI=1S/C10H15N3/c1-8(2)4-5-9(11)10-12-6-3-7-13-10/h3,6-7,9H,1,4-5,11H2,2H3. The summed E-state index contributed by atoms with van der Waals surface area (Å²) in [5.41, 5.74) is 7.02. The number of allylic oxidation sites excluding steroid dienone is 1. The second-order valence-corrected chi connectivity index (χ2v) is 3.21. The highest BCUT2D eigenvalue weighted by molar-refractivity contribution is 4.97. The molecule has 1 heterocycles. The summed E-state index contributed by atoms with van der Waals surface area (Å²) in [5, 5.41) is 0. The third-order valence-electron chi connectivity index (χ3n) is 1.80. The minimum atomic E-state index is -0.0714. The molecule has 0 fully saturated rings. The van der Waals surface area contributed by atoms with E-state index in [1.165, 1.54) is 0 Å². The number of nitrogens with zero attached hydrogens (tertiary/aromatic N) is 2. The van der Waals surface area contributed by atoms with Gasteiger partial charge in [0.1, 0.15) is 5.82 Å². The van der Waals surface area contributed by atoms with Gasteiger partial charge in [-0.15, -0.1) is 6.58 Å². The van der Waals surface area contributed by atoms with E-state index >= 15 is 0 Å². The van der Waals surface area contributed by atoms with Gasteiger partial charge < -0.3 is 5.73 Å². The maximum Gasteiger partial charge on any atom is 0.144 e. The summed E-state index contributed by atoms with van der Waals surface area (Å²) in [6, 6.07) is 1.72. The van der Waals surface area contributed by atoms with E-state index in [2.05, 4.69) is 16.5 Å². The van der Waals surface area contributed by atoms with Gasteiger partial charge in [-0.1, -0.05) is 5.57 Å². The molecule has 0 aliphatic carbocycles. The van der Waals surface area contributed by atoms with Crippen molar-refractivity contribution in [3.63, 3.8) is 0 Å². The van der Waals surface area contributed by atoms with Gasteiger partial charge in [0.05, 0.1) is 6.04 Å². The molecule has 0 spiro atoms. The Hall–Kier alpha value is -1.22. The first-order valence-corrected chi connectivity index (χ1v) is 4.37. The molecule has 0 aromatic carbocycles. The van der Waals surface area contributed by atoms with Crippen LogP contribution in [0.25, 0.3) is 0 Å². The van der Waals surface area contributed by atoms with Gasteiger partial charge in [0, 0.05) is 12.4 Å². The normalized spacial score (nSPS) is 12.5. The Balaban J connectivity index is 2.49. The maximum atomic E-state index is 5.88. The highest BCUT2D eigenvalue weighted by Gasteiger charge is 2.07. The number of hydrogen-bond donors (Lipinski definition) is 1. The van der Waals surface area contributed by atoms with Crippen LogP contribution >= 0.6 is 0 Å². The van der Waals surface area contributed by atoms with Crippen LogP contribution in [-0.2, 0) is 0 Å². The van der Waals surface area contributed by atoms with Gasteiger partial charge in [-0.05, 0) is 25.8 Å². The lowest BCUT2D eigenvalue weighted by Crippen LogP contribution is -2.13. The minimum Gasteiger partial charge on any atom is -0.321 e. The molecule has 1 aromatic rings. The predicted octanol–water partition coefficient (Wildman–Crippen LogP) is 1.83. The number of hydrogen-bond acceptors (Lipinski definition) is 3. The van der Waals surface area contributed by atoms with Gasteiger partial charge >= 0.3 is 0 Å². The minimum absolute atomic E-state index is 0.0714. The zero-order valence-corrected chi connectivity index (χ0v) is 7.90. The molecule has 0 aliphatic rings. The molecule has 0 radical (unpaired) electrons. The molecule has 0 saturated heterocycles. The van der Waals surface area contributed by atoms with E-state index < -0.39 is 0 Å². The van der Waals surface area contributed by atoms with E-state index in [0.29, 0.717) is 5.82 Å². The molecule has 1 rings (SSSR count). The zero-order valence-electron chi connectivity index (χ0n) is 7.90. The number of aromatic nitrogens is 2. The first-order valence-electron chi connectivity index (χ1n) is 4.37. The van der Waals surface area contributed by atoms with Crippen molar-refractivity contribution in [2.24, 2.45) is 5.73 Å². The molecule has 0 saturated carbocycles. The molecule has 1 aromatic heterocycles. The highest BCUT2D eigenvalue weighted by atomic mass is 14.9. The van der Waals surface area contributed by atoms with Crippen LogP contribution in [-0.4, -0.2) is 9.97 Å². The topological polar surface area (TPSA) is 51.8 Å². The molecule has 0 bridgehead atoms. The number of rotatable bonds is 4. The van der Waals surface area contributed by atoms with E-state index in [4.69, 9.17) is 5.73 Å². The molecule has 1 atom stereocenters. The van der Waals surface area contributed by atoms with Crippen molar-refractivity contribution in [3.8, 4) is 0 Å². The van der Waals surface area contributed by atoms with E-state index in [1.807, 2.05) is 6.92 Å². The Morgan fingerprint density at radius 2 is 2.15 bits per heavy atom. The van der Waals surface area contributed by atoms with Gasteiger partial charge in [-0.3, -0.25) is 0 Å². The Kier molecular flexibility index (Phi) is 3.58. The monoisotopic (exact) mass is 177 g/mol. The molecular weight excluding hydrogens is 162 g/mol. The van der Waals surface area contributed by atoms with E-state index in [1.54, 1.807) is 18.5 Å². The summed E-state index contributed by atoms with van der Waals surface area (Å²) >= 11 is 0. The summed E-state index contributed by atoms with van der Waals surface area (Å²) in [6.07, 6.45) is 5.21. The SMILES string of the molecule is C=C(C)CCC(N)c1ncccn1. The van der Waals surface area contributed by atoms with Crippen molar-refractivity contribution in [2.75, 3.05) is 0 Å². The fourth-order valence-corrected chi connectivity index (χ4v) is 1.03. The first-order chi connectivity index (χ1) is 6.20. The van der Waals surface area contributed by atoms with Gasteiger partial charge in [0.2, 0.25) is 0 Å². The van der Waals surface area contributed by atoms with Gasteiger partial charge in [0.25, 0.3) is 0 Å². The Bertz CT molecular complexity index is 269. The Labute approximate surface area is 78.7 Å². The third kappa shape index (κ3) is 3.34. The molecule has 3 nitrogen and oxygen atoms in total. The Morgan fingerprint density at radius 3 is 2.69 bits per heavy atom. The molecule has 0 amide bonds. The van der Waals surface area contributed by atoms with Crippen molar-refractivity contribution in [2.45, 2.75) is 25.8 Å². The largest absolute Gasteiger partial charge is 0.321 e. The summed E-state index contributed by atoms with van der Waals surface area (Å²) in [5.74, 6) is 0.712. The smallest absolute Gasteiger partial charge is 0.144 e. The molecule has 13 heavy (non-hydrogen) atoms. The van der Waals surface area contributed by atoms with Crippen LogP contribution in [0.4, 0.5) is 0 Å². The second kappa shape index (κ2) is 4.72. The molecule has 3 heteroatoms. The van der Waals surface area contributed by atoms with Crippen molar-refractivity contribution < 1.29 is 0 Å². The van der Waals surface area contributed by atoms with Gasteiger partial charge in [0.15, 0.2) is 0 Å². The Morgan fingerprint density at radius 1 is 1.54 bits per heavy atom. The van der Waals surface area contributed by atoms with Crippen LogP contribution < -0.4 is 5.73 Å². The molecule has 1 unspecified atom stereocenters. The summed E-state index contributed by atoms with van der Waals surface area (Å²) in [7, 11) is 0. The predicted molar refractivity (Wildman–Crippen MR) is 53.0 cm³/mol. The average molecular weight is 177 g/mol. The third-order valence-corrected chi connectivity index (χ3v) is 1.80. The van der Waals surface area contributed by atoms with E-state index in [0.717, 1.165) is 18.4 Å². The maximum absolute atomic E-state index is 5.88. The lowest BCUT2D eigenvalue weighted by Gasteiger charge is -2.08. The summed E-state index contributed by atoms with van der Waals surface area (Å²) in [4.78, 5) is 8.18. The molecule has 0 aliphatic heterocycles. The summed E-state index contributed by atoms with van der Waals surface area (Å²) < 4.78 is 0. The highest BCUT2D eigenvalue weighted by Crippen LogP contribution is 2.13. The number of nitrogens with two attached hydrogens (primary N) is 1. The fourth-order valence-electron chi connectivity index (χ4n) is 1.03. The first kappa shape index (κ1) is 9.86. The van der Waals surface area contributed by atoms with Crippen LogP contribution in [0.1, 0.15) is 31.6 Å². The van der Waals surface area contributed by atoms with Crippen LogP contribution in [0.3, 0.4) is 0 Å². The van der Waals surface area contributed by atoms with E-state index in [-0.39, 0.29) is 6.04 Å².